The first-order valence-corrected chi connectivity index (χ1v) is 9.23. The highest BCUT2D eigenvalue weighted by Gasteiger charge is 2.50. The molecule has 2 bridgehead atoms. The standard InChI is InChI=1S/C20H27NO3/c1-21-14-8-11-18(21)19(20(22)24-16-4-3-5-16)17(12-14)13-6-9-15(23-2)10-7-13/h6-7,9-10,14,16-19H,3-5,8,11-12H2,1-2H3/t14-,17+,18+,19-/m0/s1. The zero-order valence-electron chi connectivity index (χ0n) is 14.6. The van der Waals surface area contributed by atoms with Crippen LogP contribution >= 0.6 is 0 Å². The van der Waals surface area contributed by atoms with Gasteiger partial charge in [-0.1, -0.05) is 12.1 Å². The molecule has 24 heavy (non-hydrogen) atoms. The van der Waals surface area contributed by atoms with Gasteiger partial charge in [0.2, 0.25) is 0 Å². The summed E-state index contributed by atoms with van der Waals surface area (Å²) in [6, 6.07) is 9.17. The number of fused-ring (bicyclic) bond motifs is 2. The largest absolute Gasteiger partial charge is 0.497 e. The topological polar surface area (TPSA) is 38.8 Å². The SMILES string of the molecule is COc1ccc([C@H]2C[C@@H]3CC[C@H]([C@H]2C(=O)OC2CCC2)N3C)cc1. The van der Waals surface area contributed by atoms with Gasteiger partial charge in [-0.2, -0.15) is 0 Å². The molecule has 2 saturated heterocycles. The molecule has 2 heterocycles. The van der Waals surface area contributed by atoms with Crippen LogP contribution in [0.25, 0.3) is 0 Å². The fourth-order valence-electron chi connectivity index (χ4n) is 4.71. The van der Waals surface area contributed by atoms with E-state index in [-0.39, 0.29) is 23.9 Å². The van der Waals surface area contributed by atoms with E-state index in [9.17, 15) is 4.79 Å². The molecule has 4 atom stereocenters. The summed E-state index contributed by atoms with van der Waals surface area (Å²) in [6.45, 7) is 0. The Morgan fingerprint density at radius 2 is 1.88 bits per heavy atom. The van der Waals surface area contributed by atoms with E-state index in [4.69, 9.17) is 9.47 Å². The Bertz CT molecular complexity index is 595. The maximum atomic E-state index is 13.0. The molecule has 1 saturated carbocycles. The molecule has 4 nitrogen and oxygen atoms in total. The molecular formula is C20H27NO3. The third kappa shape index (κ3) is 2.71. The van der Waals surface area contributed by atoms with E-state index in [1.165, 1.54) is 18.4 Å². The van der Waals surface area contributed by atoms with Crippen LogP contribution in [0.2, 0.25) is 0 Å². The fourth-order valence-corrected chi connectivity index (χ4v) is 4.71. The summed E-state index contributed by atoms with van der Waals surface area (Å²) in [6.07, 6.45) is 6.78. The van der Waals surface area contributed by atoms with Crippen molar-refractivity contribution in [2.45, 2.75) is 62.6 Å². The second-order valence-corrected chi connectivity index (χ2v) is 7.59. The van der Waals surface area contributed by atoms with Crippen LogP contribution in [0.3, 0.4) is 0 Å². The van der Waals surface area contributed by atoms with Crippen LogP contribution in [-0.2, 0) is 9.53 Å². The van der Waals surface area contributed by atoms with E-state index < -0.39 is 0 Å². The summed E-state index contributed by atoms with van der Waals surface area (Å²) in [7, 11) is 3.86. The van der Waals surface area contributed by atoms with Crippen molar-refractivity contribution in [3.8, 4) is 5.75 Å². The summed E-state index contributed by atoms with van der Waals surface area (Å²) in [5.74, 6) is 1.11. The van der Waals surface area contributed by atoms with Crippen molar-refractivity contribution in [3.63, 3.8) is 0 Å². The number of piperidine rings is 1. The number of hydrogen-bond donors (Lipinski definition) is 0. The van der Waals surface area contributed by atoms with Crippen molar-refractivity contribution in [2.24, 2.45) is 5.92 Å². The van der Waals surface area contributed by atoms with E-state index in [0.29, 0.717) is 12.1 Å². The van der Waals surface area contributed by atoms with E-state index in [2.05, 4.69) is 24.1 Å². The Morgan fingerprint density at radius 1 is 1.12 bits per heavy atom. The normalized spacial score (nSPS) is 33.1. The number of hydrogen-bond acceptors (Lipinski definition) is 4. The molecule has 130 valence electrons. The molecule has 1 aliphatic carbocycles. The summed E-state index contributed by atoms with van der Waals surface area (Å²) < 4.78 is 11.1. The predicted molar refractivity (Wildman–Crippen MR) is 92.1 cm³/mol. The van der Waals surface area contributed by atoms with Crippen molar-refractivity contribution < 1.29 is 14.3 Å². The second-order valence-electron chi connectivity index (χ2n) is 7.59. The molecule has 4 rings (SSSR count). The minimum Gasteiger partial charge on any atom is -0.497 e. The molecule has 0 N–H and O–H groups in total. The van der Waals surface area contributed by atoms with Gasteiger partial charge in [-0.3, -0.25) is 9.69 Å². The van der Waals surface area contributed by atoms with Gasteiger partial charge >= 0.3 is 5.97 Å². The van der Waals surface area contributed by atoms with E-state index >= 15 is 0 Å². The van der Waals surface area contributed by atoms with Gasteiger partial charge in [-0.15, -0.1) is 0 Å². The Labute approximate surface area is 144 Å². The fraction of sp³-hybridized carbons (Fsp3) is 0.650. The number of carbonyl (C=O) groups excluding carboxylic acids is 1. The van der Waals surface area contributed by atoms with Crippen molar-refractivity contribution in [2.75, 3.05) is 14.2 Å². The molecule has 0 aromatic heterocycles. The molecule has 1 aromatic carbocycles. The van der Waals surface area contributed by atoms with Crippen LogP contribution in [0.15, 0.2) is 24.3 Å². The molecule has 0 unspecified atom stereocenters. The lowest BCUT2D eigenvalue weighted by Crippen LogP contribution is -2.49. The van der Waals surface area contributed by atoms with Crippen LogP contribution < -0.4 is 4.74 Å². The first kappa shape index (κ1) is 15.9. The first-order valence-electron chi connectivity index (χ1n) is 9.23. The van der Waals surface area contributed by atoms with Gasteiger partial charge in [0.25, 0.3) is 0 Å². The van der Waals surface area contributed by atoms with Crippen LogP contribution in [0.5, 0.6) is 5.75 Å². The minimum atomic E-state index is -0.0391. The number of methoxy groups -OCH3 is 1. The van der Waals surface area contributed by atoms with Gasteiger partial charge in [-0.25, -0.2) is 0 Å². The highest BCUT2D eigenvalue weighted by molar-refractivity contribution is 5.75. The Kier molecular flexibility index (Phi) is 4.25. The minimum absolute atomic E-state index is 0.0257. The molecule has 4 heteroatoms. The van der Waals surface area contributed by atoms with E-state index in [1.807, 2.05) is 12.1 Å². The Morgan fingerprint density at radius 3 is 2.50 bits per heavy atom. The Balaban J connectivity index is 1.60. The van der Waals surface area contributed by atoms with Gasteiger partial charge in [0.15, 0.2) is 0 Å². The Hall–Kier alpha value is -1.55. The van der Waals surface area contributed by atoms with Crippen molar-refractivity contribution in [1.29, 1.82) is 0 Å². The average molecular weight is 329 g/mol. The van der Waals surface area contributed by atoms with Crippen molar-refractivity contribution in [3.05, 3.63) is 29.8 Å². The maximum Gasteiger partial charge on any atom is 0.311 e. The quantitative estimate of drug-likeness (QED) is 0.794. The molecule has 3 aliphatic rings. The van der Waals surface area contributed by atoms with Gasteiger partial charge in [0.05, 0.1) is 13.0 Å². The molecule has 0 radical (unpaired) electrons. The van der Waals surface area contributed by atoms with Crippen LogP contribution in [0, 0.1) is 5.92 Å². The van der Waals surface area contributed by atoms with Gasteiger partial charge in [-0.05, 0) is 63.3 Å². The summed E-state index contributed by atoms with van der Waals surface area (Å²) in [5.41, 5.74) is 1.25. The number of carbonyl (C=O) groups is 1. The maximum absolute atomic E-state index is 13.0. The van der Waals surface area contributed by atoms with Gasteiger partial charge in [0, 0.05) is 18.0 Å². The average Bonchev–Trinajstić information content (AvgIpc) is 2.81. The highest BCUT2D eigenvalue weighted by Crippen LogP contribution is 2.47. The van der Waals surface area contributed by atoms with E-state index in [0.717, 1.165) is 31.4 Å². The number of esters is 1. The summed E-state index contributed by atoms with van der Waals surface area (Å²) in [5, 5.41) is 0. The second kappa shape index (κ2) is 6.40. The van der Waals surface area contributed by atoms with Crippen molar-refractivity contribution >= 4 is 5.97 Å². The molecular weight excluding hydrogens is 302 g/mol. The van der Waals surface area contributed by atoms with Gasteiger partial charge in [0.1, 0.15) is 11.9 Å². The number of benzene rings is 1. The van der Waals surface area contributed by atoms with Crippen LogP contribution in [0.1, 0.15) is 50.0 Å². The number of nitrogens with zero attached hydrogens (tertiary/aromatic N) is 1. The van der Waals surface area contributed by atoms with E-state index in [1.54, 1.807) is 7.11 Å². The smallest absolute Gasteiger partial charge is 0.311 e. The summed E-state index contributed by atoms with van der Waals surface area (Å²) in [4.78, 5) is 15.4. The van der Waals surface area contributed by atoms with Gasteiger partial charge < -0.3 is 9.47 Å². The molecule has 2 aliphatic heterocycles. The zero-order chi connectivity index (χ0) is 16.7. The summed E-state index contributed by atoms with van der Waals surface area (Å²) >= 11 is 0. The van der Waals surface area contributed by atoms with Crippen LogP contribution in [-0.4, -0.2) is 43.2 Å². The van der Waals surface area contributed by atoms with Crippen molar-refractivity contribution in [1.82, 2.24) is 4.90 Å². The lowest BCUT2D eigenvalue weighted by Gasteiger charge is -2.42. The monoisotopic (exact) mass is 329 g/mol. The van der Waals surface area contributed by atoms with Crippen LogP contribution in [0.4, 0.5) is 0 Å². The number of rotatable bonds is 4. The lowest BCUT2D eigenvalue weighted by atomic mass is 9.76. The first-order chi connectivity index (χ1) is 11.7. The third-order valence-corrected chi connectivity index (χ3v) is 6.42. The molecule has 1 aromatic rings. The zero-order valence-corrected chi connectivity index (χ0v) is 14.6. The highest BCUT2D eigenvalue weighted by atomic mass is 16.5. The number of ether oxygens (including phenoxy) is 2. The predicted octanol–water partition coefficient (Wildman–Crippen LogP) is 3.36. The third-order valence-electron chi connectivity index (χ3n) is 6.42. The molecule has 3 fully saturated rings. The molecule has 0 spiro atoms. The lowest BCUT2D eigenvalue weighted by molar-refractivity contribution is -0.162. The molecule has 0 amide bonds.